The lowest BCUT2D eigenvalue weighted by atomic mass is 10.0. The molecule has 16 heteroatoms. The van der Waals surface area contributed by atoms with E-state index in [4.69, 9.17) is 23.1 Å². The number of carbonyl (C=O) groups excluding carboxylic acids is 3. The Balaban J connectivity index is 1.59. The SMILES string of the molecule is CN1C(=O)[C@H](CCCCN)NC(=O)[C@H](CCCN)NCc2ccccc2SC2=C(CNC(=O)[C@@H]1Cc1c[nH]c3ccccc13)CN(C(F)(F)F)C=C2Cl. The third-order valence-corrected chi connectivity index (χ3v) is 11.2. The number of H-pyrrole nitrogens is 1. The van der Waals surface area contributed by atoms with Gasteiger partial charge in [-0.25, -0.2) is 0 Å². The van der Waals surface area contributed by atoms with Crippen LogP contribution in [0.1, 0.15) is 43.2 Å². The number of hydrogen-bond acceptors (Lipinski definition) is 8. The third-order valence-electron chi connectivity index (χ3n) is 9.47. The molecule has 0 radical (unpaired) electrons. The Hall–Kier alpha value is -4.02. The number of aromatic nitrogens is 1. The minimum Gasteiger partial charge on any atom is -0.361 e. The summed E-state index contributed by atoms with van der Waals surface area (Å²) < 4.78 is 42.2. The fraction of sp³-hybridized carbons (Fsp3) is 0.432. The van der Waals surface area contributed by atoms with Crippen molar-refractivity contribution in [3.8, 4) is 0 Å². The highest BCUT2D eigenvalue weighted by molar-refractivity contribution is 8.03. The molecule has 3 atom stereocenters. The molecule has 1 aromatic heterocycles. The number of para-hydroxylation sites is 1. The molecule has 3 amide bonds. The van der Waals surface area contributed by atoms with E-state index in [0.29, 0.717) is 48.6 Å². The summed E-state index contributed by atoms with van der Waals surface area (Å²) in [5.74, 6) is -1.45. The summed E-state index contributed by atoms with van der Waals surface area (Å²) in [5.41, 5.74) is 14.2. The van der Waals surface area contributed by atoms with Crippen LogP contribution in [0.4, 0.5) is 13.2 Å². The molecule has 2 aromatic carbocycles. The van der Waals surface area contributed by atoms with Gasteiger partial charge in [-0.2, -0.15) is 13.2 Å². The predicted molar refractivity (Wildman–Crippen MR) is 201 cm³/mol. The molecule has 2 aliphatic rings. The van der Waals surface area contributed by atoms with Gasteiger partial charge in [0.15, 0.2) is 0 Å². The Morgan fingerprint density at radius 3 is 2.40 bits per heavy atom. The van der Waals surface area contributed by atoms with E-state index in [1.165, 1.54) is 23.7 Å². The summed E-state index contributed by atoms with van der Waals surface area (Å²) in [7, 11) is 1.50. The first-order chi connectivity index (χ1) is 25.4. The number of thioether (sulfide) groups is 1. The van der Waals surface area contributed by atoms with Crippen LogP contribution in [0.5, 0.6) is 0 Å². The van der Waals surface area contributed by atoms with Gasteiger partial charge in [0.05, 0.1) is 11.1 Å². The van der Waals surface area contributed by atoms with Gasteiger partial charge in [0, 0.05) is 66.2 Å². The number of benzene rings is 2. The number of halogens is 4. The second-order valence-electron chi connectivity index (χ2n) is 13.2. The number of likely N-dealkylation sites (N-methyl/N-ethyl adjacent to an activating group) is 1. The zero-order chi connectivity index (χ0) is 38.1. The van der Waals surface area contributed by atoms with E-state index in [-0.39, 0.29) is 47.3 Å². The maximum absolute atomic E-state index is 14.4. The van der Waals surface area contributed by atoms with Gasteiger partial charge >= 0.3 is 6.30 Å². The highest BCUT2D eigenvalue weighted by Gasteiger charge is 2.39. The van der Waals surface area contributed by atoms with Gasteiger partial charge in [0.25, 0.3) is 0 Å². The average Bonchev–Trinajstić information content (AvgIpc) is 3.55. The first-order valence-electron chi connectivity index (χ1n) is 17.6. The standard InChI is InChI=1S/C37H46ClF3N8O3S/c1-48-31(17-24-19-44-28-11-4-3-10-26(24)28)35(51)46-20-25-21-49(37(39,40)41)22-27(38)33(25)53-32-14-5-2-9-23(32)18-45-29(13-8-16-43)34(50)47-30(36(48)52)12-6-7-15-42/h2-5,9-11,14,19,22,29-31,44-45H,6-8,12-13,15-18,20-21,42-43H2,1H3,(H,46,51)(H,47,50)/t29-,30-,31-/m0/s1. The summed E-state index contributed by atoms with van der Waals surface area (Å²) in [6, 6.07) is 12.1. The van der Waals surface area contributed by atoms with Crippen molar-refractivity contribution in [1.82, 2.24) is 30.7 Å². The quantitative estimate of drug-likeness (QED) is 0.138. The summed E-state index contributed by atoms with van der Waals surface area (Å²) in [6.45, 7) is 0.160. The number of nitrogens with two attached hydrogens (primary N) is 2. The Morgan fingerprint density at radius 1 is 0.925 bits per heavy atom. The van der Waals surface area contributed by atoms with Gasteiger partial charge in [-0.1, -0.05) is 59.8 Å². The van der Waals surface area contributed by atoms with Crippen LogP contribution in [0, 0.1) is 0 Å². The van der Waals surface area contributed by atoms with Crippen LogP contribution in [0.25, 0.3) is 10.9 Å². The number of hydrogen-bond donors (Lipinski definition) is 6. The smallest absolute Gasteiger partial charge is 0.361 e. The second kappa shape index (κ2) is 18.3. The topological polar surface area (TPSA) is 162 Å². The monoisotopic (exact) mass is 774 g/mol. The second-order valence-corrected chi connectivity index (χ2v) is 14.6. The molecule has 11 nitrogen and oxygen atoms in total. The molecule has 8 N–H and O–H groups in total. The number of nitrogens with one attached hydrogen (secondary N) is 4. The first-order valence-corrected chi connectivity index (χ1v) is 18.8. The van der Waals surface area contributed by atoms with Crippen LogP contribution < -0.4 is 27.4 Å². The number of aromatic amines is 1. The third kappa shape index (κ3) is 10.1. The molecule has 0 bridgehead atoms. The minimum atomic E-state index is -4.72. The molecular weight excluding hydrogens is 729 g/mol. The van der Waals surface area contributed by atoms with E-state index in [0.717, 1.165) is 28.2 Å². The lowest BCUT2D eigenvalue weighted by molar-refractivity contribution is -0.225. The summed E-state index contributed by atoms with van der Waals surface area (Å²) in [4.78, 5) is 48.4. The number of carbonyl (C=O) groups is 3. The van der Waals surface area contributed by atoms with E-state index in [1.807, 2.05) is 42.5 Å². The Morgan fingerprint density at radius 2 is 1.64 bits per heavy atom. The van der Waals surface area contributed by atoms with Gasteiger partial charge in [-0.15, -0.1) is 0 Å². The van der Waals surface area contributed by atoms with Crippen molar-refractivity contribution in [1.29, 1.82) is 0 Å². The Labute approximate surface area is 316 Å². The fourth-order valence-electron chi connectivity index (χ4n) is 6.50. The molecular formula is C37H46ClF3N8O3S. The molecule has 0 saturated carbocycles. The van der Waals surface area contributed by atoms with Gasteiger partial charge in [-0.05, 0) is 74.0 Å². The largest absolute Gasteiger partial charge is 0.484 e. The molecule has 3 heterocycles. The molecule has 286 valence electrons. The highest BCUT2D eigenvalue weighted by atomic mass is 35.5. The number of alkyl halides is 3. The zero-order valence-corrected chi connectivity index (χ0v) is 31.1. The molecule has 0 spiro atoms. The van der Waals surface area contributed by atoms with Crippen molar-refractivity contribution < 1.29 is 27.6 Å². The van der Waals surface area contributed by atoms with Crippen LogP contribution in [0.3, 0.4) is 0 Å². The van der Waals surface area contributed by atoms with Crippen molar-refractivity contribution in [3.63, 3.8) is 0 Å². The number of nitrogens with zero attached hydrogens (tertiary/aromatic N) is 2. The molecule has 0 saturated heterocycles. The van der Waals surface area contributed by atoms with E-state index in [2.05, 4.69) is 20.9 Å². The molecule has 0 fully saturated rings. The molecule has 53 heavy (non-hydrogen) atoms. The van der Waals surface area contributed by atoms with E-state index in [9.17, 15) is 27.6 Å². The van der Waals surface area contributed by atoms with Gasteiger partial charge in [0.1, 0.15) is 12.1 Å². The van der Waals surface area contributed by atoms with Crippen molar-refractivity contribution in [3.05, 3.63) is 87.6 Å². The minimum absolute atomic E-state index is 0.0889. The van der Waals surface area contributed by atoms with Gasteiger partial charge in [-0.3, -0.25) is 19.3 Å². The predicted octanol–water partition coefficient (Wildman–Crippen LogP) is 4.44. The van der Waals surface area contributed by atoms with Crippen molar-refractivity contribution in [2.24, 2.45) is 11.5 Å². The van der Waals surface area contributed by atoms with Gasteiger partial charge < -0.3 is 37.3 Å². The fourth-order valence-corrected chi connectivity index (χ4v) is 7.93. The molecule has 0 aliphatic carbocycles. The Bertz CT molecular complexity index is 1830. The molecule has 3 aromatic rings. The number of amides is 3. The normalized spacial score (nSPS) is 21.2. The number of unbranched alkanes of at least 4 members (excludes halogenated alkanes) is 1. The number of rotatable bonds is 9. The highest BCUT2D eigenvalue weighted by Crippen LogP contribution is 2.42. The lowest BCUT2D eigenvalue weighted by Crippen LogP contribution is -2.57. The van der Waals surface area contributed by atoms with Crippen molar-refractivity contribution in [2.45, 2.75) is 74.4 Å². The van der Waals surface area contributed by atoms with E-state index < -0.39 is 42.8 Å². The van der Waals surface area contributed by atoms with E-state index in [1.54, 1.807) is 12.3 Å². The maximum Gasteiger partial charge on any atom is 0.484 e. The van der Waals surface area contributed by atoms with Crippen LogP contribution in [-0.4, -0.2) is 90.2 Å². The summed E-state index contributed by atoms with van der Waals surface area (Å²) in [6.07, 6.45) is 0.368. The average molecular weight is 775 g/mol. The van der Waals surface area contributed by atoms with Crippen molar-refractivity contribution >= 4 is 52.0 Å². The van der Waals surface area contributed by atoms with Crippen LogP contribution >= 0.6 is 23.4 Å². The lowest BCUT2D eigenvalue weighted by Gasteiger charge is -2.33. The number of fused-ring (bicyclic) bond motifs is 2. The van der Waals surface area contributed by atoms with Gasteiger partial charge in [0.2, 0.25) is 17.7 Å². The van der Waals surface area contributed by atoms with Crippen LogP contribution in [-0.2, 0) is 27.3 Å². The van der Waals surface area contributed by atoms with Crippen molar-refractivity contribution in [2.75, 3.05) is 33.2 Å². The van der Waals surface area contributed by atoms with Crippen LogP contribution in [0.15, 0.2) is 81.3 Å². The zero-order valence-electron chi connectivity index (χ0n) is 29.5. The maximum atomic E-state index is 14.4. The molecule has 0 unspecified atom stereocenters. The summed E-state index contributed by atoms with van der Waals surface area (Å²) >= 11 is 7.78. The molecule has 5 rings (SSSR count). The number of allylic oxidation sites excluding steroid dienone is 1. The van der Waals surface area contributed by atoms with E-state index >= 15 is 0 Å². The molecule has 2 aliphatic heterocycles. The summed E-state index contributed by atoms with van der Waals surface area (Å²) in [5, 5.41) is 9.85. The first kappa shape index (κ1) is 40.2. The van der Waals surface area contributed by atoms with Crippen LogP contribution in [0.2, 0.25) is 0 Å². The Kier molecular flexibility index (Phi) is 13.9.